The first kappa shape index (κ1) is 16.7. The highest BCUT2D eigenvalue weighted by atomic mass is 31.2. The third-order valence-electron chi connectivity index (χ3n) is 2.36. The van der Waals surface area contributed by atoms with Crippen LogP contribution in [0.1, 0.15) is 20.8 Å². The van der Waals surface area contributed by atoms with Gasteiger partial charge in [0.2, 0.25) is 0 Å². The largest absolute Gasteiger partial charge is 0.438 e. The first-order valence-corrected chi connectivity index (χ1v) is 8.91. The fourth-order valence-corrected chi connectivity index (χ4v) is 4.33. The lowest BCUT2D eigenvalue weighted by Gasteiger charge is -2.25. The van der Waals surface area contributed by atoms with E-state index in [1.807, 2.05) is 0 Å². The maximum absolute atomic E-state index is 12.5. The third-order valence-corrected chi connectivity index (χ3v) is 5.88. The molecule has 0 spiro atoms. The monoisotopic (exact) mass is 314 g/mol. The molecule has 0 saturated carbocycles. The van der Waals surface area contributed by atoms with Gasteiger partial charge in [0.15, 0.2) is 0 Å². The average molecular weight is 314 g/mol. The standard InChI is InChI=1S/C9H20N2O6P2/c1-4-15-18(13)10-7-8-11(9(10)12)19(14,16-5-2)17-6-3/h18H,4-8H2,1-3H3. The van der Waals surface area contributed by atoms with Crippen LogP contribution in [0.25, 0.3) is 0 Å². The van der Waals surface area contributed by atoms with E-state index in [9.17, 15) is 13.9 Å². The van der Waals surface area contributed by atoms with Gasteiger partial charge in [0.05, 0.1) is 26.4 Å². The van der Waals surface area contributed by atoms with Gasteiger partial charge in [-0.05, 0) is 20.8 Å². The van der Waals surface area contributed by atoms with Crippen LogP contribution in [0.3, 0.4) is 0 Å². The van der Waals surface area contributed by atoms with Crippen molar-refractivity contribution in [3.8, 4) is 0 Å². The molecule has 1 heterocycles. The molecule has 1 unspecified atom stereocenters. The molecule has 0 aromatic rings. The second kappa shape index (κ2) is 7.41. The van der Waals surface area contributed by atoms with Crippen LogP contribution < -0.4 is 0 Å². The molecule has 1 aliphatic rings. The highest BCUT2D eigenvalue weighted by Gasteiger charge is 2.45. The highest BCUT2D eigenvalue weighted by molar-refractivity contribution is 7.52. The normalized spacial score (nSPS) is 18.2. The van der Waals surface area contributed by atoms with E-state index in [-0.39, 0.29) is 32.9 Å². The summed E-state index contributed by atoms with van der Waals surface area (Å²) in [5.74, 6) is 0. The highest BCUT2D eigenvalue weighted by Crippen LogP contribution is 2.54. The summed E-state index contributed by atoms with van der Waals surface area (Å²) in [4.78, 5) is 12.1. The number of amides is 2. The second-order valence-electron chi connectivity index (χ2n) is 3.56. The number of urea groups is 1. The van der Waals surface area contributed by atoms with Crippen molar-refractivity contribution in [2.45, 2.75) is 20.8 Å². The van der Waals surface area contributed by atoms with Crippen LogP contribution in [0.5, 0.6) is 0 Å². The van der Waals surface area contributed by atoms with Crippen molar-refractivity contribution in [2.75, 3.05) is 32.9 Å². The van der Waals surface area contributed by atoms with Gasteiger partial charge < -0.3 is 4.52 Å². The summed E-state index contributed by atoms with van der Waals surface area (Å²) in [7, 11) is -6.28. The van der Waals surface area contributed by atoms with Gasteiger partial charge in [-0.1, -0.05) is 0 Å². The van der Waals surface area contributed by atoms with Gasteiger partial charge in [-0.2, -0.15) is 0 Å². The fourth-order valence-electron chi connectivity index (χ4n) is 1.63. The zero-order valence-corrected chi connectivity index (χ0v) is 13.2. The smallest absolute Gasteiger partial charge is 0.316 e. The lowest BCUT2D eigenvalue weighted by molar-refractivity contribution is 0.172. The summed E-state index contributed by atoms with van der Waals surface area (Å²) in [6.45, 7) is 5.88. The van der Waals surface area contributed by atoms with Crippen molar-refractivity contribution in [1.29, 1.82) is 0 Å². The van der Waals surface area contributed by atoms with Crippen molar-refractivity contribution >= 4 is 22.0 Å². The molecular weight excluding hydrogens is 294 g/mol. The molecule has 0 N–H and O–H groups in total. The molecule has 8 nitrogen and oxygen atoms in total. The van der Waals surface area contributed by atoms with Crippen LogP contribution in [0.15, 0.2) is 0 Å². The number of rotatable bonds is 8. The Bertz CT molecular complexity index is 381. The van der Waals surface area contributed by atoms with E-state index in [0.717, 1.165) is 9.34 Å². The van der Waals surface area contributed by atoms with E-state index >= 15 is 0 Å². The van der Waals surface area contributed by atoms with Crippen LogP contribution in [0.4, 0.5) is 4.79 Å². The maximum Gasteiger partial charge on any atom is 0.438 e. The predicted octanol–water partition coefficient (Wildman–Crippen LogP) is 2.33. The van der Waals surface area contributed by atoms with E-state index in [2.05, 4.69) is 0 Å². The van der Waals surface area contributed by atoms with Gasteiger partial charge in [-0.3, -0.25) is 18.3 Å². The Kier molecular flexibility index (Phi) is 6.50. The number of hydrogen-bond acceptors (Lipinski definition) is 6. The molecule has 1 atom stereocenters. The van der Waals surface area contributed by atoms with E-state index in [1.54, 1.807) is 20.8 Å². The van der Waals surface area contributed by atoms with E-state index in [1.165, 1.54) is 0 Å². The zero-order valence-electron chi connectivity index (χ0n) is 11.3. The summed E-state index contributed by atoms with van der Waals surface area (Å²) in [6.07, 6.45) is 0. The van der Waals surface area contributed by atoms with E-state index in [0.29, 0.717) is 0 Å². The Morgan fingerprint density at radius 1 is 1.16 bits per heavy atom. The Hall–Kier alpha value is -0.390. The second-order valence-corrected chi connectivity index (χ2v) is 6.86. The minimum Gasteiger partial charge on any atom is -0.316 e. The van der Waals surface area contributed by atoms with Crippen molar-refractivity contribution in [2.24, 2.45) is 0 Å². The lowest BCUT2D eigenvalue weighted by Crippen LogP contribution is -2.28. The molecule has 0 aromatic heterocycles. The number of carbonyl (C=O) groups is 1. The van der Waals surface area contributed by atoms with Gasteiger partial charge in [0.1, 0.15) is 0 Å². The molecule has 112 valence electrons. The van der Waals surface area contributed by atoms with Gasteiger partial charge in [0, 0.05) is 6.54 Å². The minimum absolute atomic E-state index is 0.138. The zero-order chi connectivity index (χ0) is 14.5. The Morgan fingerprint density at radius 3 is 2.21 bits per heavy atom. The van der Waals surface area contributed by atoms with Gasteiger partial charge in [-0.15, -0.1) is 0 Å². The van der Waals surface area contributed by atoms with Gasteiger partial charge in [0.25, 0.3) is 8.18 Å². The van der Waals surface area contributed by atoms with Crippen LogP contribution in [0, 0.1) is 0 Å². The van der Waals surface area contributed by atoms with Crippen LogP contribution in [0.2, 0.25) is 0 Å². The lowest BCUT2D eigenvalue weighted by atomic mass is 10.7. The Morgan fingerprint density at radius 2 is 1.74 bits per heavy atom. The van der Waals surface area contributed by atoms with Crippen molar-refractivity contribution < 1.29 is 27.5 Å². The molecule has 19 heavy (non-hydrogen) atoms. The first-order valence-electron chi connectivity index (χ1n) is 6.15. The molecule has 0 bridgehead atoms. The molecule has 1 saturated heterocycles. The molecule has 0 aromatic carbocycles. The molecule has 10 heteroatoms. The average Bonchev–Trinajstić information content (AvgIpc) is 2.72. The number of carbonyl (C=O) groups excluding carboxylic acids is 1. The summed E-state index contributed by atoms with van der Waals surface area (Å²) >= 11 is 0. The van der Waals surface area contributed by atoms with Crippen LogP contribution in [-0.2, 0) is 22.7 Å². The van der Waals surface area contributed by atoms with E-state index < -0.39 is 22.0 Å². The molecule has 1 fully saturated rings. The Balaban J connectivity index is 2.83. The maximum atomic E-state index is 12.5. The summed E-state index contributed by atoms with van der Waals surface area (Å²) < 4.78 is 41.4. The first-order chi connectivity index (χ1) is 9.00. The molecule has 1 aliphatic heterocycles. The van der Waals surface area contributed by atoms with Crippen LogP contribution in [-0.4, -0.2) is 48.3 Å². The van der Waals surface area contributed by atoms with Crippen molar-refractivity contribution in [3.63, 3.8) is 0 Å². The van der Waals surface area contributed by atoms with Crippen molar-refractivity contribution in [3.05, 3.63) is 0 Å². The third kappa shape index (κ3) is 3.80. The minimum atomic E-state index is -3.66. The molecule has 0 radical (unpaired) electrons. The molecular formula is C9H20N2O6P2. The predicted molar refractivity (Wildman–Crippen MR) is 70.3 cm³/mol. The van der Waals surface area contributed by atoms with Crippen LogP contribution >= 0.6 is 15.9 Å². The fraction of sp³-hybridized carbons (Fsp3) is 0.889. The number of nitrogens with zero attached hydrogens (tertiary/aromatic N) is 2. The van der Waals surface area contributed by atoms with Gasteiger partial charge in [-0.25, -0.2) is 14.0 Å². The number of hydrogen-bond donors (Lipinski definition) is 0. The summed E-state index contributed by atoms with van der Waals surface area (Å²) in [6, 6.07) is -0.637. The van der Waals surface area contributed by atoms with Crippen molar-refractivity contribution in [1.82, 2.24) is 9.34 Å². The summed E-state index contributed by atoms with van der Waals surface area (Å²) in [5, 5.41) is 0. The van der Waals surface area contributed by atoms with E-state index in [4.69, 9.17) is 13.6 Å². The Labute approximate surface area is 113 Å². The molecule has 1 rings (SSSR count). The molecule has 2 amide bonds. The molecule has 0 aliphatic carbocycles. The van der Waals surface area contributed by atoms with Gasteiger partial charge >= 0.3 is 13.8 Å². The quantitative estimate of drug-likeness (QED) is 0.639. The topological polar surface area (TPSA) is 85.4 Å². The summed E-state index contributed by atoms with van der Waals surface area (Å²) in [5.41, 5.74) is 0. The SMILES string of the molecule is CCO[PH](=O)N1CCN(P(=O)(OCC)OCC)C1=O.